The van der Waals surface area contributed by atoms with Gasteiger partial charge >= 0.3 is 0 Å². The highest BCUT2D eigenvalue weighted by atomic mass is 32.2. The summed E-state index contributed by atoms with van der Waals surface area (Å²) in [5, 5.41) is 11.1. The fraction of sp³-hybridized carbons (Fsp3) is 0.429. The molecule has 0 aliphatic heterocycles. The zero-order valence-corrected chi connectivity index (χ0v) is 9.04. The fourth-order valence-electron chi connectivity index (χ4n) is 0.772. The van der Waals surface area contributed by atoms with Crippen molar-refractivity contribution >= 4 is 22.9 Å². The van der Waals surface area contributed by atoms with Crippen LogP contribution < -0.4 is 11.5 Å². The van der Waals surface area contributed by atoms with E-state index in [0.29, 0.717) is 17.5 Å². The van der Waals surface area contributed by atoms with Gasteiger partial charge in [0.05, 0.1) is 5.75 Å². The number of hydrogen-bond donors (Lipinski definition) is 3. The Morgan fingerprint density at radius 2 is 2.33 bits per heavy atom. The summed E-state index contributed by atoms with van der Waals surface area (Å²) in [6.45, 7) is 1.93. The number of nitrogens with two attached hydrogens (primary N) is 2. The number of aryl methyl sites for hydroxylation is 1. The SMILES string of the molecule is CCc1noc(CSC(=N)N=C(N)N)n1. The van der Waals surface area contributed by atoms with Crippen molar-refractivity contribution in [3.63, 3.8) is 0 Å². The quantitative estimate of drug-likeness (QED) is 0.496. The van der Waals surface area contributed by atoms with Crippen molar-refractivity contribution in [3.05, 3.63) is 11.7 Å². The fourth-order valence-corrected chi connectivity index (χ4v) is 1.32. The molecule has 5 N–H and O–H groups in total. The van der Waals surface area contributed by atoms with E-state index < -0.39 is 0 Å². The molecule has 0 spiro atoms. The average Bonchev–Trinajstić information content (AvgIpc) is 2.61. The van der Waals surface area contributed by atoms with E-state index in [4.69, 9.17) is 21.4 Å². The van der Waals surface area contributed by atoms with Crippen LogP contribution in [-0.4, -0.2) is 21.3 Å². The maximum absolute atomic E-state index is 7.35. The summed E-state index contributed by atoms with van der Waals surface area (Å²) in [6, 6.07) is 0. The van der Waals surface area contributed by atoms with Crippen molar-refractivity contribution in [3.8, 4) is 0 Å². The van der Waals surface area contributed by atoms with Crippen molar-refractivity contribution in [1.29, 1.82) is 5.41 Å². The number of aromatic nitrogens is 2. The monoisotopic (exact) mass is 228 g/mol. The molecule has 1 rings (SSSR count). The first-order chi connectivity index (χ1) is 7.11. The Labute approximate surface area is 90.8 Å². The van der Waals surface area contributed by atoms with Crippen LogP contribution in [0.4, 0.5) is 0 Å². The number of amidine groups is 1. The third kappa shape index (κ3) is 3.98. The van der Waals surface area contributed by atoms with E-state index in [1.54, 1.807) is 0 Å². The summed E-state index contributed by atoms with van der Waals surface area (Å²) in [6.07, 6.45) is 0.722. The molecule has 0 bridgehead atoms. The highest BCUT2D eigenvalue weighted by Crippen LogP contribution is 2.12. The molecule has 1 heterocycles. The van der Waals surface area contributed by atoms with Crippen LogP contribution in [0.5, 0.6) is 0 Å². The van der Waals surface area contributed by atoms with Gasteiger partial charge in [-0.2, -0.15) is 9.98 Å². The zero-order chi connectivity index (χ0) is 11.3. The van der Waals surface area contributed by atoms with E-state index in [2.05, 4.69) is 15.1 Å². The molecule has 0 aromatic carbocycles. The number of aliphatic imine (C=N–C) groups is 1. The number of thioether (sulfide) groups is 1. The smallest absolute Gasteiger partial charge is 0.237 e. The Morgan fingerprint density at radius 3 is 2.87 bits per heavy atom. The van der Waals surface area contributed by atoms with E-state index in [1.807, 2.05) is 6.92 Å². The average molecular weight is 228 g/mol. The molecule has 0 aliphatic carbocycles. The van der Waals surface area contributed by atoms with E-state index in [-0.39, 0.29) is 11.1 Å². The maximum atomic E-state index is 7.35. The number of guanidine groups is 1. The second kappa shape index (κ2) is 5.35. The Kier molecular flexibility index (Phi) is 4.10. The third-order valence-electron chi connectivity index (χ3n) is 1.39. The van der Waals surface area contributed by atoms with Crippen LogP contribution in [0.25, 0.3) is 0 Å². The molecule has 0 saturated heterocycles. The lowest BCUT2D eigenvalue weighted by Gasteiger charge is -1.94. The minimum atomic E-state index is -0.132. The van der Waals surface area contributed by atoms with Gasteiger partial charge in [-0.1, -0.05) is 23.8 Å². The summed E-state index contributed by atoms with van der Waals surface area (Å²) in [7, 11) is 0. The summed E-state index contributed by atoms with van der Waals surface area (Å²) in [5.74, 6) is 1.38. The molecular weight excluding hydrogens is 216 g/mol. The van der Waals surface area contributed by atoms with E-state index >= 15 is 0 Å². The van der Waals surface area contributed by atoms with Crippen LogP contribution in [-0.2, 0) is 12.2 Å². The molecule has 15 heavy (non-hydrogen) atoms. The van der Waals surface area contributed by atoms with Gasteiger partial charge in [0.2, 0.25) is 5.89 Å². The molecule has 0 aliphatic rings. The minimum absolute atomic E-state index is 0.0197. The molecule has 0 radical (unpaired) electrons. The van der Waals surface area contributed by atoms with Crippen molar-refractivity contribution in [1.82, 2.24) is 10.1 Å². The Bertz CT molecular complexity index is 369. The Hall–Kier alpha value is -1.57. The molecule has 1 aromatic rings. The van der Waals surface area contributed by atoms with Gasteiger partial charge in [0.15, 0.2) is 17.0 Å². The predicted octanol–water partition coefficient (Wildman–Crippen LogP) is 0.0734. The lowest BCUT2D eigenvalue weighted by atomic mass is 10.5. The normalized spacial score (nSPS) is 9.93. The molecule has 7 nitrogen and oxygen atoms in total. The molecule has 0 amide bonds. The van der Waals surface area contributed by atoms with Crippen LogP contribution >= 0.6 is 11.8 Å². The van der Waals surface area contributed by atoms with Crippen LogP contribution in [0.3, 0.4) is 0 Å². The summed E-state index contributed by atoms with van der Waals surface area (Å²) in [5.41, 5.74) is 10.2. The second-order valence-corrected chi connectivity index (χ2v) is 3.55. The molecule has 0 unspecified atom stereocenters. The van der Waals surface area contributed by atoms with Crippen molar-refractivity contribution in [2.24, 2.45) is 16.5 Å². The van der Waals surface area contributed by atoms with Crippen LogP contribution in [0, 0.1) is 5.41 Å². The highest BCUT2D eigenvalue weighted by molar-refractivity contribution is 8.13. The zero-order valence-electron chi connectivity index (χ0n) is 8.23. The lowest BCUT2D eigenvalue weighted by molar-refractivity contribution is 0.385. The predicted molar refractivity (Wildman–Crippen MR) is 58.5 cm³/mol. The Morgan fingerprint density at radius 1 is 1.60 bits per heavy atom. The van der Waals surface area contributed by atoms with Gasteiger partial charge in [0.25, 0.3) is 0 Å². The third-order valence-corrected chi connectivity index (χ3v) is 2.15. The molecule has 0 fully saturated rings. The molecule has 1 aromatic heterocycles. The molecule has 0 saturated carbocycles. The summed E-state index contributed by atoms with van der Waals surface area (Å²) >= 11 is 1.12. The molecule has 0 atom stereocenters. The highest BCUT2D eigenvalue weighted by Gasteiger charge is 2.06. The van der Waals surface area contributed by atoms with Gasteiger partial charge in [-0.05, 0) is 0 Å². The number of nitrogens with zero attached hydrogens (tertiary/aromatic N) is 3. The van der Waals surface area contributed by atoms with Crippen LogP contribution in [0.2, 0.25) is 0 Å². The first-order valence-corrected chi connectivity index (χ1v) is 5.22. The van der Waals surface area contributed by atoms with Gasteiger partial charge in [-0.3, -0.25) is 5.41 Å². The number of nitrogens with one attached hydrogen (secondary N) is 1. The van der Waals surface area contributed by atoms with Gasteiger partial charge in [0.1, 0.15) is 0 Å². The first kappa shape index (κ1) is 11.5. The maximum Gasteiger partial charge on any atom is 0.237 e. The molecule has 8 heteroatoms. The minimum Gasteiger partial charge on any atom is -0.370 e. The van der Waals surface area contributed by atoms with Crippen molar-refractivity contribution < 1.29 is 4.52 Å². The van der Waals surface area contributed by atoms with E-state index in [1.165, 1.54) is 0 Å². The van der Waals surface area contributed by atoms with E-state index in [0.717, 1.165) is 18.2 Å². The Balaban J connectivity index is 2.43. The van der Waals surface area contributed by atoms with Crippen molar-refractivity contribution in [2.75, 3.05) is 0 Å². The number of hydrogen-bond acceptors (Lipinski definition) is 5. The van der Waals surface area contributed by atoms with Gasteiger partial charge in [0, 0.05) is 6.42 Å². The largest absolute Gasteiger partial charge is 0.370 e. The molecular formula is C7H12N6OS. The standard InChI is InChI=1S/C7H12N6OS/c1-2-4-11-5(14-13-4)3-15-7(10)12-6(8)9/h2-3H2,1H3,(H5,8,9,10,12). The van der Waals surface area contributed by atoms with Gasteiger partial charge in [-0.25, -0.2) is 0 Å². The van der Waals surface area contributed by atoms with E-state index in [9.17, 15) is 0 Å². The number of rotatable bonds is 3. The summed E-state index contributed by atoms with van der Waals surface area (Å²) in [4.78, 5) is 7.62. The topological polar surface area (TPSA) is 127 Å². The van der Waals surface area contributed by atoms with Crippen molar-refractivity contribution in [2.45, 2.75) is 19.1 Å². The molecule has 82 valence electrons. The second-order valence-electron chi connectivity index (χ2n) is 2.59. The first-order valence-electron chi connectivity index (χ1n) is 4.24. The van der Waals surface area contributed by atoms with Crippen LogP contribution in [0.1, 0.15) is 18.6 Å². The summed E-state index contributed by atoms with van der Waals surface area (Å²) < 4.78 is 4.92. The van der Waals surface area contributed by atoms with Crippen LogP contribution in [0.15, 0.2) is 9.52 Å². The lowest BCUT2D eigenvalue weighted by Crippen LogP contribution is -2.23. The van der Waals surface area contributed by atoms with Gasteiger partial charge in [-0.15, -0.1) is 0 Å². The van der Waals surface area contributed by atoms with Gasteiger partial charge < -0.3 is 16.0 Å².